The van der Waals surface area contributed by atoms with Crippen LogP contribution in [0.2, 0.25) is 0 Å². The molecule has 0 aliphatic heterocycles. The average Bonchev–Trinajstić information content (AvgIpc) is 2.57. The van der Waals surface area contributed by atoms with Crippen molar-refractivity contribution in [3.8, 4) is 0 Å². The first kappa shape index (κ1) is 24.9. The molecule has 4 nitrogen and oxygen atoms in total. The maximum Gasteiger partial charge on any atom is 0.153 e. The first-order valence-corrected chi connectivity index (χ1v) is 12.5. The van der Waals surface area contributed by atoms with Gasteiger partial charge in [0.1, 0.15) is 0 Å². The Morgan fingerprint density at radius 1 is 0.640 bits per heavy atom. The van der Waals surface area contributed by atoms with Gasteiger partial charge in [0.25, 0.3) is 0 Å². The Kier molecular flexibility index (Phi) is 18.6. The van der Waals surface area contributed by atoms with Gasteiger partial charge in [0.05, 0.1) is 18.1 Å². The summed E-state index contributed by atoms with van der Waals surface area (Å²) in [4.78, 5) is 0. The van der Waals surface area contributed by atoms with E-state index in [0.29, 0.717) is 6.54 Å². The lowest BCUT2D eigenvalue weighted by molar-refractivity contribution is 0.319. The third-order valence-electron chi connectivity index (χ3n) is 4.70. The van der Waals surface area contributed by atoms with E-state index in [4.69, 9.17) is 5.11 Å². The van der Waals surface area contributed by atoms with Gasteiger partial charge in [-0.2, -0.15) is 0 Å². The molecule has 0 bridgehead atoms. The smallest absolute Gasteiger partial charge is 0.153 e. The highest BCUT2D eigenvalue weighted by atomic mass is 32.2. The molecule has 152 valence electrons. The molecule has 0 saturated carbocycles. The van der Waals surface area contributed by atoms with Gasteiger partial charge < -0.3 is 10.4 Å². The highest BCUT2D eigenvalue weighted by Crippen LogP contribution is 2.12. The van der Waals surface area contributed by atoms with Crippen molar-refractivity contribution in [1.82, 2.24) is 5.32 Å². The number of unbranched alkanes of at least 4 members (excludes halogenated alkanes) is 13. The summed E-state index contributed by atoms with van der Waals surface area (Å²) in [5.74, 6) is 0.0136. The van der Waals surface area contributed by atoms with Gasteiger partial charge in [-0.1, -0.05) is 90.4 Å². The van der Waals surface area contributed by atoms with Crippen LogP contribution in [-0.4, -0.2) is 44.7 Å². The van der Waals surface area contributed by atoms with Gasteiger partial charge in [0, 0.05) is 6.54 Å². The number of rotatable bonds is 20. The van der Waals surface area contributed by atoms with E-state index in [9.17, 15) is 8.42 Å². The molecular formula is C20H43NO3S. The first-order chi connectivity index (χ1) is 12.1. The van der Waals surface area contributed by atoms with E-state index in [-0.39, 0.29) is 18.1 Å². The normalized spacial score (nSPS) is 11.9. The third-order valence-corrected chi connectivity index (χ3v) is 6.33. The van der Waals surface area contributed by atoms with Gasteiger partial charge in [-0.3, -0.25) is 0 Å². The Morgan fingerprint density at radius 3 is 1.52 bits per heavy atom. The Balaban J connectivity index is 3.12. The van der Waals surface area contributed by atoms with E-state index in [1.54, 1.807) is 0 Å². The van der Waals surface area contributed by atoms with Crippen LogP contribution in [0.5, 0.6) is 0 Å². The molecule has 0 spiro atoms. The molecule has 0 aromatic rings. The lowest BCUT2D eigenvalue weighted by atomic mass is 10.0. The Bertz CT molecular complexity index is 358. The van der Waals surface area contributed by atoms with E-state index < -0.39 is 9.84 Å². The number of sulfone groups is 1. The Labute approximate surface area is 157 Å². The number of aliphatic hydroxyl groups excluding tert-OH is 1. The van der Waals surface area contributed by atoms with Crippen molar-refractivity contribution >= 4 is 9.84 Å². The molecule has 0 atom stereocenters. The highest BCUT2D eigenvalue weighted by molar-refractivity contribution is 7.91. The van der Waals surface area contributed by atoms with Crippen LogP contribution in [0.15, 0.2) is 0 Å². The predicted octanol–water partition coefficient (Wildman–Crippen LogP) is 4.46. The molecule has 5 heteroatoms. The second-order valence-corrected chi connectivity index (χ2v) is 9.53. The van der Waals surface area contributed by atoms with Crippen LogP contribution < -0.4 is 5.32 Å². The summed E-state index contributed by atoms with van der Waals surface area (Å²) in [6.07, 6.45) is 19.0. The van der Waals surface area contributed by atoms with Gasteiger partial charge in [0.15, 0.2) is 9.84 Å². The summed E-state index contributed by atoms with van der Waals surface area (Å²) in [6, 6.07) is 0. The second kappa shape index (κ2) is 18.7. The Hall–Kier alpha value is -0.130. The fourth-order valence-corrected chi connectivity index (χ4v) is 3.98. The van der Waals surface area contributed by atoms with Crippen molar-refractivity contribution < 1.29 is 13.5 Å². The lowest BCUT2D eigenvalue weighted by Crippen LogP contribution is -2.26. The fraction of sp³-hybridized carbons (Fsp3) is 1.00. The van der Waals surface area contributed by atoms with Gasteiger partial charge in [-0.25, -0.2) is 8.42 Å². The quantitative estimate of drug-likeness (QED) is 0.307. The molecule has 0 aliphatic carbocycles. The van der Waals surface area contributed by atoms with Gasteiger partial charge in [0.2, 0.25) is 0 Å². The first-order valence-electron chi connectivity index (χ1n) is 10.6. The zero-order chi connectivity index (χ0) is 18.6. The third kappa shape index (κ3) is 20.0. The number of aliphatic hydroxyl groups is 1. The molecule has 0 rings (SSSR count). The summed E-state index contributed by atoms with van der Waals surface area (Å²) in [5, 5.41) is 11.8. The van der Waals surface area contributed by atoms with Crippen LogP contribution in [0, 0.1) is 0 Å². The minimum atomic E-state index is -3.06. The van der Waals surface area contributed by atoms with Crippen molar-refractivity contribution in [3.63, 3.8) is 0 Å². The zero-order valence-corrected chi connectivity index (χ0v) is 17.4. The molecule has 2 N–H and O–H groups in total. The van der Waals surface area contributed by atoms with Crippen molar-refractivity contribution in [2.24, 2.45) is 0 Å². The Morgan fingerprint density at radius 2 is 1.08 bits per heavy atom. The molecule has 0 heterocycles. The lowest BCUT2D eigenvalue weighted by Gasteiger charge is -2.06. The molecule has 0 fully saturated rings. The molecule has 0 aliphatic rings. The average molecular weight is 378 g/mol. The van der Waals surface area contributed by atoms with Crippen LogP contribution in [0.3, 0.4) is 0 Å². The van der Waals surface area contributed by atoms with Crippen molar-refractivity contribution in [2.45, 2.75) is 96.8 Å². The summed E-state index contributed by atoms with van der Waals surface area (Å²) < 4.78 is 22.8. The van der Waals surface area contributed by atoms with Crippen LogP contribution in [0.4, 0.5) is 0 Å². The van der Waals surface area contributed by atoms with E-state index in [0.717, 1.165) is 13.0 Å². The van der Waals surface area contributed by atoms with Gasteiger partial charge in [-0.15, -0.1) is 0 Å². The largest absolute Gasteiger partial charge is 0.395 e. The van der Waals surface area contributed by atoms with Crippen molar-refractivity contribution in [2.75, 3.05) is 31.2 Å². The number of nitrogens with one attached hydrogen (secondary N) is 1. The number of hydrogen-bond acceptors (Lipinski definition) is 4. The molecule has 0 aromatic carbocycles. The molecule has 0 radical (unpaired) electrons. The fourth-order valence-electron chi connectivity index (χ4n) is 3.04. The predicted molar refractivity (Wildman–Crippen MR) is 109 cm³/mol. The monoisotopic (exact) mass is 377 g/mol. The van der Waals surface area contributed by atoms with E-state index in [1.165, 1.54) is 83.5 Å². The molecule has 0 saturated heterocycles. The molecule has 0 aromatic heterocycles. The van der Waals surface area contributed by atoms with E-state index in [1.807, 2.05) is 0 Å². The van der Waals surface area contributed by atoms with E-state index in [2.05, 4.69) is 12.2 Å². The van der Waals surface area contributed by atoms with Gasteiger partial charge >= 0.3 is 0 Å². The van der Waals surface area contributed by atoms with Crippen molar-refractivity contribution in [1.29, 1.82) is 0 Å². The highest BCUT2D eigenvalue weighted by Gasteiger charge is 2.08. The molecule has 0 amide bonds. The van der Waals surface area contributed by atoms with Crippen LogP contribution in [0.1, 0.15) is 96.8 Å². The van der Waals surface area contributed by atoms with Crippen LogP contribution in [0.25, 0.3) is 0 Å². The summed E-state index contributed by atoms with van der Waals surface area (Å²) >= 11 is 0. The van der Waals surface area contributed by atoms with Crippen LogP contribution >= 0.6 is 0 Å². The standard InChI is InChI=1S/C20H43NO3S/c1-2-3-4-5-6-7-8-9-10-11-12-13-14-15-16-21-17-19-25(23,24)20-18-22/h21-22H,2-20H2,1H3. The minimum absolute atomic E-state index is 0.118. The van der Waals surface area contributed by atoms with Crippen LogP contribution in [-0.2, 0) is 9.84 Å². The van der Waals surface area contributed by atoms with E-state index >= 15 is 0 Å². The molecule has 0 unspecified atom stereocenters. The SMILES string of the molecule is CCCCCCCCCCCCCCCCNCCS(=O)(=O)CCO. The summed E-state index contributed by atoms with van der Waals surface area (Å²) in [7, 11) is -3.06. The molecule has 25 heavy (non-hydrogen) atoms. The topological polar surface area (TPSA) is 66.4 Å². The zero-order valence-electron chi connectivity index (χ0n) is 16.6. The maximum atomic E-state index is 11.4. The maximum absolute atomic E-state index is 11.4. The summed E-state index contributed by atoms with van der Waals surface area (Å²) in [6.45, 7) is 3.39. The molecular weight excluding hydrogens is 334 g/mol. The summed E-state index contributed by atoms with van der Waals surface area (Å²) in [5.41, 5.74) is 0. The van der Waals surface area contributed by atoms with Gasteiger partial charge in [-0.05, 0) is 13.0 Å². The second-order valence-electron chi connectivity index (χ2n) is 7.22. The minimum Gasteiger partial charge on any atom is -0.395 e. The number of hydrogen-bond donors (Lipinski definition) is 2. The van der Waals surface area contributed by atoms with Crippen molar-refractivity contribution in [3.05, 3.63) is 0 Å².